The fraction of sp³-hybridized carbons (Fsp3) is 0.300. The van der Waals surface area contributed by atoms with Crippen LogP contribution < -0.4 is 20.7 Å². The maximum Gasteiger partial charge on any atom is 0.239 e. The van der Waals surface area contributed by atoms with Crippen LogP contribution in [0.15, 0.2) is 59.6 Å². The number of nitrogens with one attached hydrogen (secondary N) is 3. The van der Waals surface area contributed by atoms with Crippen molar-refractivity contribution in [2.45, 2.75) is 13.5 Å². The van der Waals surface area contributed by atoms with Gasteiger partial charge in [0.2, 0.25) is 5.91 Å². The van der Waals surface area contributed by atoms with Gasteiger partial charge in [-0.1, -0.05) is 48.0 Å². The first-order valence-electron chi connectivity index (χ1n) is 8.62. The zero-order chi connectivity index (χ0) is 18.6. The van der Waals surface area contributed by atoms with E-state index in [2.05, 4.69) is 20.9 Å². The van der Waals surface area contributed by atoms with E-state index < -0.39 is 0 Å². The molecule has 7 heteroatoms. The van der Waals surface area contributed by atoms with Crippen molar-refractivity contribution < 1.29 is 9.53 Å². The van der Waals surface area contributed by atoms with E-state index in [9.17, 15) is 4.79 Å². The molecule has 0 aliphatic carbocycles. The summed E-state index contributed by atoms with van der Waals surface area (Å²) in [7, 11) is 1.66. The van der Waals surface area contributed by atoms with Crippen LogP contribution in [0.2, 0.25) is 0 Å². The molecule has 0 aliphatic heterocycles. The van der Waals surface area contributed by atoms with Gasteiger partial charge in [0.15, 0.2) is 5.96 Å². The van der Waals surface area contributed by atoms with Crippen LogP contribution in [-0.2, 0) is 11.3 Å². The quantitative estimate of drug-likeness (QED) is 0.234. The molecule has 2 aromatic rings. The highest BCUT2D eigenvalue weighted by molar-refractivity contribution is 14.0. The molecule has 0 saturated carbocycles. The van der Waals surface area contributed by atoms with E-state index in [4.69, 9.17) is 4.74 Å². The Hall–Kier alpha value is -2.29. The van der Waals surface area contributed by atoms with Crippen LogP contribution in [0.1, 0.15) is 11.1 Å². The zero-order valence-corrected chi connectivity index (χ0v) is 18.0. The Morgan fingerprint density at radius 2 is 1.70 bits per heavy atom. The second kappa shape index (κ2) is 13.0. The summed E-state index contributed by atoms with van der Waals surface area (Å²) < 4.78 is 5.64. The Kier molecular flexibility index (Phi) is 10.9. The van der Waals surface area contributed by atoms with Gasteiger partial charge in [-0.2, -0.15) is 0 Å². The average Bonchev–Trinajstić information content (AvgIpc) is 2.68. The highest BCUT2D eigenvalue weighted by Crippen LogP contribution is 2.10. The maximum absolute atomic E-state index is 11.9. The third kappa shape index (κ3) is 9.28. The first-order chi connectivity index (χ1) is 12.7. The number of aryl methyl sites for hydroxylation is 1. The minimum Gasteiger partial charge on any atom is -0.492 e. The maximum atomic E-state index is 11.9. The molecule has 1 amide bonds. The van der Waals surface area contributed by atoms with E-state index in [-0.39, 0.29) is 36.4 Å². The normalized spacial score (nSPS) is 10.5. The molecule has 0 aromatic heterocycles. The SMILES string of the molecule is CN=C(NCCOc1ccc(C)cc1)NCC(=O)NCc1ccccc1.I. The number of carbonyl (C=O) groups excluding carboxylic acids is 1. The molecular weight excluding hydrogens is 455 g/mol. The Balaban J connectivity index is 0.00000364. The number of guanidine groups is 1. The summed E-state index contributed by atoms with van der Waals surface area (Å²) in [4.78, 5) is 16.0. The number of amides is 1. The van der Waals surface area contributed by atoms with E-state index in [1.165, 1.54) is 5.56 Å². The number of nitrogens with zero attached hydrogens (tertiary/aromatic N) is 1. The Morgan fingerprint density at radius 3 is 2.37 bits per heavy atom. The third-order valence-corrected chi connectivity index (χ3v) is 3.66. The van der Waals surface area contributed by atoms with Crippen molar-refractivity contribution in [3.8, 4) is 5.75 Å². The van der Waals surface area contributed by atoms with Crippen molar-refractivity contribution in [2.24, 2.45) is 4.99 Å². The van der Waals surface area contributed by atoms with E-state index in [1.807, 2.05) is 61.5 Å². The van der Waals surface area contributed by atoms with Gasteiger partial charge < -0.3 is 20.7 Å². The molecule has 2 aromatic carbocycles. The molecule has 0 radical (unpaired) electrons. The summed E-state index contributed by atoms with van der Waals surface area (Å²) in [6, 6.07) is 17.7. The summed E-state index contributed by atoms with van der Waals surface area (Å²) in [5.74, 6) is 1.31. The Labute approximate surface area is 177 Å². The molecule has 0 bridgehead atoms. The molecule has 0 saturated heterocycles. The molecule has 146 valence electrons. The van der Waals surface area contributed by atoms with Crippen molar-refractivity contribution in [3.05, 3.63) is 65.7 Å². The van der Waals surface area contributed by atoms with E-state index in [0.29, 0.717) is 25.7 Å². The van der Waals surface area contributed by atoms with Gasteiger partial charge >= 0.3 is 0 Å². The lowest BCUT2D eigenvalue weighted by Gasteiger charge is -2.12. The number of aliphatic imine (C=N–C) groups is 1. The van der Waals surface area contributed by atoms with Crippen LogP contribution in [0.3, 0.4) is 0 Å². The molecule has 0 heterocycles. The van der Waals surface area contributed by atoms with Crippen LogP contribution in [0, 0.1) is 6.92 Å². The molecule has 0 atom stereocenters. The first-order valence-corrected chi connectivity index (χ1v) is 8.62. The lowest BCUT2D eigenvalue weighted by Crippen LogP contribution is -2.44. The van der Waals surface area contributed by atoms with Crippen LogP contribution in [0.5, 0.6) is 5.75 Å². The Bertz CT molecular complexity index is 706. The van der Waals surface area contributed by atoms with Crippen LogP contribution >= 0.6 is 24.0 Å². The highest BCUT2D eigenvalue weighted by Gasteiger charge is 2.03. The molecule has 2 rings (SSSR count). The number of benzene rings is 2. The number of hydrogen-bond donors (Lipinski definition) is 3. The number of hydrogen-bond acceptors (Lipinski definition) is 3. The lowest BCUT2D eigenvalue weighted by atomic mass is 10.2. The van der Waals surface area contributed by atoms with Gasteiger partial charge in [-0.25, -0.2) is 0 Å². The molecule has 0 aliphatic rings. The number of ether oxygens (including phenoxy) is 1. The van der Waals surface area contributed by atoms with Crippen molar-refractivity contribution >= 4 is 35.8 Å². The van der Waals surface area contributed by atoms with Crippen molar-refractivity contribution in [3.63, 3.8) is 0 Å². The van der Waals surface area contributed by atoms with Crippen molar-refractivity contribution in [1.82, 2.24) is 16.0 Å². The summed E-state index contributed by atoms with van der Waals surface area (Å²) in [6.45, 7) is 3.79. The summed E-state index contributed by atoms with van der Waals surface area (Å²) in [5.41, 5.74) is 2.27. The summed E-state index contributed by atoms with van der Waals surface area (Å²) in [5, 5.41) is 8.96. The standard InChI is InChI=1S/C20H26N4O2.HI/c1-16-8-10-18(11-9-16)26-13-12-22-20(21-2)24-15-19(25)23-14-17-6-4-3-5-7-17;/h3-11H,12-15H2,1-2H3,(H,23,25)(H2,21,22,24);1H. The summed E-state index contributed by atoms with van der Waals surface area (Å²) >= 11 is 0. The second-order valence-corrected chi connectivity index (χ2v) is 5.78. The molecule has 27 heavy (non-hydrogen) atoms. The second-order valence-electron chi connectivity index (χ2n) is 5.78. The first kappa shape index (κ1) is 22.8. The molecule has 6 nitrogen and oxygen atoms in total. The predicted molar refractivity (Wildman–Crippen MR) is 120 cm³/mol. The van der Waals surface area contributed by atoms with Gasteiger partial charge in [-0.15, -0.1) is 24.0 Å². The van der Waals surface area contributed by atoms with Gasteiger partial charge in [0.05, 0.1) is 13.1 Å². The van der Waals surface area contributed by atoms with Gasteiger partial charge in [-0.3, -0.25) is 9.79 Å². The lowest BCUT2D eigenvalue weighted by molar-refractivity contribution is -0.120. The Morgan fingerprint density at radius 1 is 1.00 bits per heavy atom. The van der Waals surface area contributed by atoms with E-state index in [0.717, 1.165) is 11.3 Å². The molecular formula is C20H27IN4O2. The van der Waals surface area contributed by atoms with Crippen molar-refractivity contribution in [1.29, 1.82) is 0 Å². The van der Waals surface area contributed by atoms with Gasteiger partial charge in [0.25, 0.3) is 0 Å². The topological polar surface area (TPSA) is 74.8 Å². The molecule has 0 unspecified atom stereocenters. The number of rotatable bonds is 8. The predicted octanol–water partition coefficient (Wildman–Crippen LogP) is 2.47. The van der Waals surface area contributed by atoms with Crippen LogP contribution in [0.4, 0.5) is 0 Å². The van der Waals surface area contributed by atoms with Crippen LogP contribution in [0.25, 0.3) is 0 Å². The fourth-order valence-electron chi connectivity index (χ4n) is 2.22. The highest BCUT2D eigenvalue weighted by atomic mass is 127. The summed E-state index contributed by atoms with van der Waals surface area (Å²) in [6.07, 6.45) is 0. The number of halogens is 1. The van der Waals surface area contributed by atoms with E-state index >= 15 is 0 Å². The minimum atomic E-state index is -0.0901. The fourth-order valence-corrected chi connectivity index (χ4v) is 2.22. The van der Waals surface area contributed by atoms with E-state index in [1.54, 1.807) is 7.05 Å². The third-order valence-electron chi connectivity index (χ3n) is 3.66. The van der Waals surface area contributed by atoms with Crippen LogP contribution in [-0.4, -0.2) is 38.6 Å². The van der Waals surface area contributed by atoms with Gasteiger partial charge in [-0.05, 0) is 24.6 Å². The molecule has 0 spiro atoms. The largest absolute Gasteiger partial charge is 0.492 e. The molecule has 3 N–H and O–H groups in total. The van der Waals surface area contributed by atoms with Gasteiger partial charge in [0.1, 0.15) is 12.4 Å². The monoisotopic (exact) mass is 482 g/mol. The minimum absolute atomic E-state index is 0. The smallest absolute Gasteiger partial charge is 0.239 e. The van der Waals surface area contributed by atoms with Gasteiger partial charge in [0, 0.05) is 13.6 Å². The van der Waals surface area contributed by atoms with Crippen molar-refractivity contribution in [2.75, 3.05) is 26.7 Å². The molecule has 0 fully saturated rings. The zero-order valence-electron chi connectivity index (χ0n) is 15.7. The number of carbonyl (C=O) groups is 1. The average molecular weight is 482 g/mol.